The van der Waals surface area contributed by atoms with Crippen LogP contribution in [0.4, 0.5) is 0 Å². The van der Waals surface area contributed by atoms with Crippen molar-refractivity contribution in [2.75, 3.05) is 0 Å². The van der Waals surface area contributed by atoms with E-state index in [1.54, 1.807) is 25.7 Å². The Kier molecular flexibility index (Phi) is 13.3. The molecule has 0 heteroatoms. The minimum absolute atomic E-state index is 1.09. The first kappa shape index (κ1) is 20.0. The smallest absolute Gasteiger partial charge is 0.0386 e. The van der Waals surface area contributed by atoms with Gasteiger partial charge in [0.05, 0.1) is 0 Å². The molecule has 2 unspecified atom stereocenters. The molecular formula is C22H44. The van der Waals surface area contributed by atoms with Crippen molar-refractivity contribution in [3.63, 3.8) is 0 Å². The van der Waals surface area contributed by atoms with Gasteiger partial charge in [0.15, 0.2) is 0 Å². The summed E-state index contributed by atoms with van der Waals surface area (Å²) in [4.78, 5) is 0. The van der Waals surface area contributed by atoms with Gasteiger partial charge in [-0.1, -0.05) is 129 Å². The number of hydrogen-bond donors (Lipinski definition) is 0. The lowest BCUT2D eigenvalue weighted by Crippen LogP contribution is -2.19. The predicted octanol–water partition coefficient (Wildman–Crippen LogP) is 8.29. The monoisotopic (exact) mass is 308 g/mol. The first-order valence-corrected chi connectivity index (χ1v) is 10.9. The van der Waals surface area contributed by atoms with Crippen molar-refractivity contribution >= 4 is 0 Å². The van der Waals surface area contributed by atoms with E-state index in [1.807, 2.05) is 0 Å². The van der Waals surface area contributed by atoms with Crippen LogP contribution < -0.4 is 0 Å². The molecule has 0 heterocycles. The second-order valence-corrected chi connectivity index (χ2v) is 7.92. The lowest BCUT2D eigenvalue weighted by atomic mass is 9.74. The second-order valence-electron chi connectivity index (χ2n) is 7.92. The maximum absolute atomic E-state index is 2.31. The Bertz CT molecular complexity index is 196. The fraction of sp³-hybridized carbons (Fsp3) is 1.00. The summed E-state index contributed by atoms with van der Waals surface area (Å²) in [6.45, 7) is 4.63. The third kappa shape index (κ3) is 9.90. The van der Waals surface area contributed by atoms with Crippen LogP contribution in [0.25, 0.3) is 0 Å². The Labute approximate surface area is 141 Å². The minimum atomic E-state index is 1.09. The van der Waals surface area contributed by atoms with Crippen LogP contribution in [0.1, 0.15) is 129 Å². The molecule has 0 aromatic heterocycles. The van der Waals surface area contributed by atoms with E-state index in [0.29, 0.717) is 0 Å². The zero-order valence-corrected chi connectivity index (χ0v) is 15.9. The summed E-state index contributed by atoms with van der Waals surface area (Å²) in [6.07, 6.45) is 26.9. The first-order valence-electron chi connectivity index (χ1n) is 10.9. The molecule has 0 nitrogen and oxygen atoms in total. The molecule has 0 bridgehead atoms. The Morgan fingerprint density at radius 3 is 1.27 bits per heavy atom. The Morgan fingerprint density at radius 1 is 0.500 bits per heavy atom. The fourth-order valence-electron chi connectivity index (χ4n) is 4.42. The van der Waals surface area contributed by atoms with Gasteiger partial charge in [-0.15, -0.1) is 0 Å². The maximum Gasteiger partial charge on any atom is -0.0386 e. The standard InChI is InChI=1S/C22H44/c1-3-5-7-9-11-13-17-21-19-15-16-20-22(21)18-14-12-10-8-6-4-2/h21-22H,3-20H2,1-2H3. The van der Waals surface area contributed by atoms with Crippen LogP contribution in [0.2, 0.25) is 0 Å². The van der Waals surface area contributed by atoms with Crippen LogP contribution in [-0.2, 0) is 0 Å². The van der Waals surface area contributed by atoms with E-state index in [4.69, 9.17) is 0 Å². The summed E-state index contributed by atoms with van der Waals surface area (Å²) in [7, 11) is 0. The normalized spacial score (nSPS) is 22.1. The molecule has 0 radical (unpaired) electrons. The summed E-state index contributed by atoms with van der Waals surface area (Å²) < 4.78 is 0. The SMILES string of the molecule is CCCCCCCCC1CCCCC1CCCCCCCC. The number of rotatable bonds is 14. The van der Waals surface area contributed by atoms with E-state index in [2.05, 4.69) is 13.8 Å². The Balaban J connectivity index is 2.06. The van der Waals surface area contributed by atoms with Gasteiger partial charge in [0.25, 0.3) is 0 Å². The lowest BCUT2D eigenvalue weighted by Gasteiger charge is -2.32. The average molecular weight is 309 g/mol. The van der Waals surface area contributed by atoms with Crippen LogP contribution >= 0.6 is 0 Å². The van der Waals surface area contributed by atoms with Gasteiger partial charge in [0, 0.05) is 0 Å². The van der Waals surface area contributed by atoms with Crippen LogP contribution in [0, 0.1) is 11.8 Å². The van der Waals surface area contributed by atoms with Crippen molar-refractivity contribution in [1.29, 1.82) is 0 Å². The molecule has 0 saturated heterocycles. The molecule has 1 fully saturated rings. The van der Waals surface area contributed by atoms with Gasteiger partial charge in [-0.25, -0.2) is 0 Å². The van der Waals surface area contributed by atoms with Gasteiger partial charge < -0.3 is 0 Å². The van der Waals surface area contributed by atoms with Crippen LogP contribution in [0.15, 0.2) is 0 Å². The predicted molar refractivity (Wildman–Crippen MR) is 101 cm³/mol. The molecule has 1 aliphatic rings. The molecule has 0 N–H and O–H groups in total. The molecule has 0 aromatic rings. The summed E-state index contributed by atoms with van der Waals surface area (Å²) in [5.74, 6) is 2.19. The highest BCUT2D eigenvalue weighted by atomic mass is 14.3. The van der Waals surface area contributed by atoms with Crippen molar-refractivity contribution in [3.05, 3.63) is 0 Å². The molecule has 0 spiro atoms. The van der Waals surface area contributed by atoms with E-state index in [0.717, 1.165) is 11.8 Å². The first-order chi connectivity index (χ1) is 10.9. The molecule has 2 atom stereocenters. The van der Waals surface area contributed by atoms with Crippen molar-refractivity contribution < 1.29 is 0 Å². The zero-order valence-electron chi connectivity index (χ0n) is 15.9. The van der Waals surface area contributed by atoms with Crippen molar-refractivity contribution in [3.8, 4) is 0 Å². The van der Waals surface area contributed by atoms with Gasteiger partial charge >= 0.3 is 0 Å². The molecular weight excluding hydrogens is 264 g/mol. The zero-order chi connectivity index (χ0) is 15.9. The fourth-order valence-corrected chi connectivity index (χ4v) is 4.42. The van der Waals surface area contributed by atoms with Crippen molar-refractivity contribution in [2.24, 2.45) is 11.8 Å². The van der Waals surface area contributed by atoms with Gasteiger partial charge in [0.2, 0.25) is 0 Å². The molecule has 0 aromatic carbocycles. The Hall–Kier alpha value is 0. The van der Waals surface area contributed by atoms with E-state index in [-0.39, 0.29) is 0 Å². The molecule has 132 valence electrons. The summed E-state index contributed by atoms with van der Waals surface area (Å²) >= 11 is 0. The van der Waals surface area contributed by atoms with E-state index in [1.165, 1.54) is 89.9 Å². The summed E-state index contributed by atoms with van der Waals surface area (Å²) in [5.41, 5.74) is 0. The van der Waals surface area contributed by atoms with E-state index >= 15 is 0 Å². The number of hydrogen-bond acceptors (Lipinski definition) is 0. The molecule has 0 amide bonds. The highest BCUT2D eigenvalue weighted by Gasteiger charge is 2.23. The topological polar surface area (TPSA) is 0 Å². The Morgan fingerprint density at radius 2 is 0.864 bits per heavy atom. The van der Waals surface area contributed by atoms with Crippen molar-refractivity contribution in [1.82, 2.24) is 0 Å². The largest absolute Gasteiger partial charge is 0.0654 e. The third-order valence-electron chi connectivity index (χ3n) is 5.92. The van der Waals surface area contributed by atoms with Crippen LogP contribution in [0.3, 0.4) is 0 Å². The quantitative estimate of drug-likeness (QED) is 0.283. The van der Waals surface area contributed by atoms with Crippen molar-refractivity contribution in [2.45, 2.75) is 129 Å². The minimum Gasteiger partial charge on any atom is -0.0654 e. The van der Waals surface area contributed by atoms with E-state index < -0.39 is 0 Å². The van der Waals surface area contributed by atoms with Gasteiger partial charge in [-0.2, -0.15) is 0 Å². The third-order valence-corrected chi connectivity index (χ3v) is 5.92. The van der Waals surface area contributed by atoms with Crippen LogP contribution in [-0.4, -0.2) is 0 Å². The summed E-state index contributed by atoms with van der Waals surface area (Å²) in [6, 6.07) is 0. The second kappa shape index (κ2) is 14.6. The van der Waals surface area contributed by atoms with Gasteiger partial charge in [-0.05, 0) is 11.8 Å². The molecule has 1 aliphatic carbocycles. The molecule has 1 saturated carbocycles. The molecule has 1 rings (SSSR count). The van der Waals surface area contributed by atoms with Crippen LogP contribution in [0.5, 0.6) is 0 Å². The lowest BCUT2D eigenvalue weighted by molar-refractivity contribution is 0.202. The highest BCUT2D eigenvalue weighted by Crippen LogP contribution is 2.36. The summed E-state index contributed by atoms with van der Waals surface area (Å²) in [5, 5.41) is 0. The van der Waals surface area contributed by atoms with Gasteiger partial charge in [0.1, 0.15) is 0 Å². The van der Waals surface area contributed by atoms with E-state index in [9.17, 15) is 0 Å². The average Bonchev–Trinajstić information content (AvgIpc) is 2.55. The molecule has 0 aliphatic heterocycles. The molecule has 22 heavy (non-hydrogen) atoms. The maximum atomic E-state index is 2.31. The van der Waals surface area contributed by atoms with Gasteiger partial charge in [-0.3, -0.25) is 0 Å². The highest BCUT2D eigenvalue weighted by molar-refractivity contribution is 4.75. The number of unbranched alkanes of at least 4 members (excludes halogenated alkanes) is 10.